The maximum atomic E-state index is 12.4. The van der Waals surface area contributed by atoms with Gasteiger partial charge in [-0.15, -0.1) is 0 Å². The summed E-state index contributed by atoms with van der Waals surface area (Å²) < 4.78 is 42.1. The van der Waals surface area contributed by atoms with Crippen LogP contribution >= 0.6 is 0 Å². The molecule has 0 aromatic rings. The van der Waals surface area contributed by atoms with Gasteiger partial charge in [0.05, 0.1) is 5.92 Å². The van der Waals surface area contributed by atoms with Crippen LogP contribution < -0.4 is 0 Å². The zero-order valence-electron chi connectivity index (χ0n) is 9.35. The summed E-state index contributed by atoms with van der Waals surface area (Å²) in [6.45, 7) is 2.29. The number of carbonyl (C=O) groups excluding carboxylic acids is 1. The van der Waals surface area contributed by atoms with Crippen LogP contribution in [0.15, 0.2) is 0 Å². The predicted octanol–water partition coefficient (Wildman–Crippen LogP) is 2.96. The zero-order chi connectivity index (χ0) is 12.2. The summed E-state index contributed by atoms with van der Waals surface area (Å²) in [7, 11) is 0. The Balaban J connectivity index is 2.34. The van der Waals surface area contributed by atoms with Gasteiger partial charge in [-0.25, -0.2) is 0 Å². The van der Waals surface area contributed by atoms with Crippen molar-refractivity contribution >= 4 is 5.78 Å². The van der Waals surface area contributed by atoms with E-state index in [0.29, 0.717) is 19.4 Å². The quantitative estimate of drug-likeness (QED) is 0.752. The highest BCUT2D eigenvalue weighted by atomic mass is 19.4. The molecule has 0 atom stereocenters. The largest absolute Gasteiger partial charge is 0.391 e. The van der Waals surface area contributed by atoms with Crippen LogP contribution in [0.2, 0.25) is 0 Å². The molecule has 5 heteroatoms. The fourth-order valence-electron chi connectivity index (χ4n) is 2.06. The summed E-state index contributed by atoms with van der Waals surface area (Å²) in [6.07, 6.45) is -3.27. The van der Waals surface area contributed by atoms with Gasteiger partial charge < -0.3 is 4.74 Å². The minimum Gasteiger partial charge on any atom is -0.374 e. The summed E-state index contributed by atoms with van der Waals surface area (Å²) in [4.78, 5) is 11.5. The zero-order valence-corrected chi connectivity index (χ0v) is 9.35. The van der Waals surface area contributed by atoms with Crippen molar-refractivity contribution in [2.45, 2.75) is 38.8 Å². The van der Waals surface area contributed by atoms with E-state index in [1.54, 1.807) is 6.92 Å². The van der Waals surface area contributed by atoms with Gasteiger partial charge in [0, 0.05) is 12.5 Å². The molecule has 1 aliphatic rings. The van der Waals surface area contributed by atoms with E-state index < -0.39 is 12.1 Å². The van der Waals surface area contributed by atoms with Crippen LogP contribution in [-0.2, 0) is 9.53 Å². The Morgan fingerprint density at radius 1 is 1.25 bits per heavy atom. The number of halogens is 3. The van der Waals surface area contributed by atoms with Gasteiger partial charge in [-0.1, -0.05) is 0 Å². The third-order valence-corrected chi connectivity index (χ3v) is 3.09. The molecular formula is C11H17F3O2. The van der Waals surface area contributed by atoms with E-state index in [4.69, 9.17) is 4.74 Å². The Kier molecular flexibility index (Phi) is 4.77. The van der Waals surface area contributed by atoms with Gasteiger partial charge in [0.2, 0.25) is 0 Å². The van der Waals surface area contributed by atoms with E-state index in [9.17, 15) is 18.0 Å². The Bertz CT molecular complexity index is 230. The fourth-order valence-corrected chi connectivity index (χ4v) is 2.06. The van der Waals surface area contributed by atoms with Crippen molar-refractivity contribution in [3.05, 3.63) is 0 Å². The van der Waals surface area contributed by atoms with Gasteiger partial charge in [0.25, 0.3) is 0 Å². The number of ether oxygens (including phenoxy) is 1. The molecule has 94 valence electrons. The first-order valence-corrected chi connectivity index (χ1v) is 5.62. The minimum atomic E-state index is -4.10. The number of alkyl halides is 3. The Morgan fingerprint density at radius 3 is 2.25 bits per heavy atom. The van der Waals surface area contributed by atoms with E-state index in [2.05, 4.69) is 0 Å². The normalized spacial score (nSPS) is 26.8. The summed E-state index contributed by atoms with van der Waals surface area (Å²) in [5.41, 5.74) is 0. The topological polar surface area (TPSA) is 26.3 Å². The van der Waals surface area contributed by atoms with Crippen LogP contribution in [0.1, 0.15) is 32.6 Å². The van der Waals surface area contributed by atoms with Crippen LogP contribution in [0.3, 0.4) is 0 Å². The second-order valence-electron chi connectivity index (χ2n) is 4.19. The molecule has 1 rings (SSSR count). The highest BCUT2D eigenvalue weighted by molar-refractivity contribution is 5.82. The lowest BCUT2D eigenvalue weighted by atomic mass is 9.80. The van der Waals surface area contributed by atoms with Crippen molar-refractivity contribution in [1.29, 1.82) is 0 Å². The van der Waals surface area contributed by atoms with Crippen LogP contribution in [0.4, 0.5) is 13.2 Å². The Hall–Kier alpha value is -0.580. The molecule has 0 amide bonds. The molecule has 2 nitrogen and oxygen atoms in total. The lowest BCUT2D eigenvalue weighted by molar-refractivity contribution is -0.184. The lowest BCUT2D eigenvalue weighted by Gasteiger charge is -2.28. The SMILES string of the molecule is CCOCC(=O)C1CCC(C(F)(F)F)CC1. The van der Waals surface area contributed by atoms with Crippen LogP contribution in [0, 0.1) is 11.8 Å². The number of hydrogen-bond donors (Lipinski definition) is 0. The average molecular weight is 238 g/mol. The van der Waals surface area contributed by atoms with Gasteiger partial charge in [0.15, 0.2) is 5.78 Å². The van der Waals surface area contributed by atoms with Gasteiger partial charge in [0.1, 0.15) is 6.61 Å². The number of hydrogen-bond acceptors (Lipinski definition) is 2. The molecule has 16 heavy (non-hydrogen) atoms. The number of rotatable bonds is 4. The minimum absolute atomic E-state index is 0.0395. The first kappa shape index (κ1) is 13.5. The standard InChI is InChI=1S/C11H17F3O2/c1-2-16-7-10(15)8-3-5-9(6-4-8)11(12,13)14/h8-9H,2-7H2,1H3. The van der Waals surface area contributed by atoms with Crippen molar-refractivity contribution in [3.8, 4) is 0 Å². The number of Topliss-reactive ketones (excluding diaryl/α,β-unsaturated/α-hetero) is 1. The second kappa shape index (κ2) is 5.66. The smallest absolute Gasteiger partial charge is 0.374 e. The molecule has 0 heterocycles. The average Bonchev–Trinajstić information content (AvgIpc) is 2.25. The van der Waals surface area contributed by atoms with E-state index in [0.717, 1.165) is 0 Å². The Morgan fingerprint density at radius 2 is 1.81 bits per heavy atom. The second-order valence-corrected chi connectivity index (χ2v) is 4.19. The highest BCUT2D eigenvalue weighted by Crippen LogP contribution is 2.39. The Labute approximate surface area is 93.2 Å². The number of carbonyl (C=O) groups is 1. The number of ketones is 1. The van der Waals surface area contributed by atoms with E-state index >= 15 is 0 Å². The van der Waals surface area contributed by atoms with E-state index in [-0.39, 0.29) is 31.1 Å². The molecule has 0 spiro atoms. The van der Waals surface area contributed by atoms with Gasteiger partial charge >= 0.3 is 6.18 Å². The molecule has 1 fully saturated rings. The van der Waals surface area contributed by atoms with Gasteiger partial charge in [-0.05, 0) is 32.6 Å². The van der Waals surface area contributed by atoms with Gasteiger partial charge in [-0.2, -0.15) is 13.2 Å². The van der Waals surface area contributed by atoms with E-state index in [1.165, 1.54) is 0 Å². The first-order chi connectivity index (χ1) is 7.45. The van der Waals surface area contributed by atoms with Crippen molar-refractivity contribution in [2.24, 2.45) is 11.8 Å². The molecular weight excluding hydrogens is 221 g/mol. The van der Waals surface area contributed by atoms with Gasteiger partial charge in [-0.3, -0.25) is 4.79 Å². The third-order valence-electron chi connectivity index (χ3n) is 3.09. The van der Waals surface area contributed by atoms with Crippen LogP contribution in [0.25, 0.3) is 0 Å². The highest BCUT2D eigenvalue weighted by Gasteiger charge is 2.42. The van der Waals surface area contributed by atoms with E-state index in [1.807, 2.05) is 0 Å². The molecule has 0 radical (unpaired) electrons. The lowest BCUT2D eigenvalue weighted by Crippen LogP contribution is -2.31. The van der Waals surface area contributed by atoms with Crippen LogP contribution in [-0.4, -0.2) is 25.2 Å². The fraction of sp³-hybridized carbons (Fsp3) is 0.909. The van der Waals surface area contributed by atoms with Crippen LogP contribution in [0.5, 0.6) is 0 Å². The molecule has 0 aromatic heterocycles. The third kappa shape index (κ3) is 3.77. The maximum absolute atomic E-state index is 12.4. The molecule has 0 saturated heterocycles. The van der Waals surface area contributed by atoms with Crippen molar-refractivity contribution < 1.29 is 22.7 Å². The summed E-state index contributed by atoms with van der Waals surface area (Å²) in [6, 6.07) is 0. The molecule has 0 unspecified atom stereocenters. The van der Waals surface area contributed by atoms with Crippen molar-refractivity contribution in [3.63, 3.8) is 0 Å². The molecule has 0 aromatic carbocycles. The van der Waals surface area contributed by atoms with Crippen molar-refractivity contribution in [1.82, 2.24) is 0 Å². The first-order valence-electron chi connectivity index (χ1n) is 5.62. The molecule has 0 aliphatic heterocycles. The maximum Gasteiger partial charge on any atom is 0.391 e. The monoisotopic (exact) mass is 238 g/mol. The molecule has 0 N–H and O–H groups in total. The molecule has 0 bridgehead atoms. The molecule has 1 saturated carbocycles. The predicted molar refractivity (Wildman–Crippen MR) is 53.0 cm³/mol. The summed E-state index contributed by atoms with van der Waals surface area (Å²) in [5, 5.41) is 0. The van der Waals surface area contributed by atoms with Crippen molar-refractivity contribution in [2.75, 3.05) is 13.2 Å². The summed E-state index contributed by atoms with van der Waals surface area (Å²) >= 11 is 0. The molecule has 1 aliphatic carbocycles. The summed E-state index contributed by atoms with van der Waals surface area (Å²) in [5.74, 6) is -1.50.